The zero-order valence-electron chi connectivity index (χ0n) is 16.4. The lowest BCUT2D eigenvalue weighted by molar-refractivity contribution is 0.103. The number of aliphatic hydroxyl groups excluding tert-OH is 1. The van der Waals surface area contributed by atoms with Gasteiger partial charge < -0.3 is 25.9 Å². The summed E-state index contributed by atoms with van der Waals surface area (Å²) in [6, 6.07) is 11.7. The highest BCUT2D eigenvalue weighted by Crippen LogP contribution is 2.16. The number of nitrogen functional groups attached to an aromatic ring is 1. The molecule has 0 saturated heterocycles. The van der Waals surface area contributed by atoms with Crippen molar-refractivity contribution in [1.29, 1.82) is 0 Å². The molecule has 2 atom stereocenters. The van der Waals surface area contributed by atoms with Crippen LogP contribution in [0.3, 0.4) is 0 Å². The molecule has 8 nitrogen and oxygen atoms in total. The second kappa shape index (κ2) is 13.2. The molecule has 0 amide bonds. The standard InChI is InChI=1S/C19H30N6O2.ClH/c1-14-5-3-4-6-18(14)27-13-17(26)12-22-15(2)9-10-21-11-16-7-8-19(23-20)25-24-16;/h3-8,15,17,21-22,26H,9-13,20H2,1-2H3,(H,23,25);1H. The fourth-order valence-corrected chi connectivity index (χ4v) is 2.47. The number of benzene rings is 1. The molecule has 0 saturated carbocycles. The first-order chi connectivity index (χ1) is 13.1. The minimum Gasteiger partial charge on any atom is -0.491 e. The molecular formula is C19H31ClN6O2. The van der Waals surface area contributed by atoms with Gasteiger partial charge in [-0.3, -0.25) is 0 Å². The van der Waals surface area contributed by atoms with Gasteiger partial charge in [0, 0.05) is 19.1 Å². The number of para-hydroxylation sites is 1. The van der Waals surface area contributed by atoms with Crippen molar-refractivity contribution in [2.75, 3.05) is 25.1 Å². The summed E-state index contributed by atoms with van der Waals surface area (Å²) < 4.78 is 5.67. The first-order valence-corrected chi connectivity index (χ1v) is 9.18. The maximum absolute atomic E-state index is 10.1. The van der Waals surface area contributed by atoms with Crippen LogP contribution < -0.4 is 26.6 Å². The van der Waals surface area contributed by atoms with Gasteiger partial charge in [0.15, 0.2) is 5.82 Å². The van der Waals surface area contributed by atoms with Crippen LogP contribution in [0.5, 0.6) is 5.75 Å². The molecule has 1 aromatic heterocycles. The molecule has 0 aliphatic heterocycles. The Labute approximate surface area is 172 Å². The van der Waals surface area contributed by atoms with E-state index in [0.29, 0.717) is 18.9 Å². The Morgan fingerprint density at radius 2 is 1.96 bits per heavy atom. The van der Waals surface area contributed by atoms with Crippen LogP contribution in [0.15, 0.2) is 36.4 Å². The van der Waals surface area contributed by atoms with Gasteiger partial charge >= 0.3 is 0 Å². The quantitative estimate of drug-likeness (QED) is 0.202. The Kier molecular flexibility index (Phi) is 11.4. The molecule has 6 N–H and O–H groups in total. The summed E-state index contributed by atoms with van der Waals surface area (Å²) in [5, 5.41) is 24.7. The summed E-state index contributed by atoms with van der Waals surface area (Å²) in [4.78, 5) is 0. The predicted octanol–water partition coefficient (Wildman–Crippen LogP) is 1.39. The number of ether oxygens (including phenoxy) is 1. The molecule has 1 heterocycles. The van der Waals surface area contributed by atoms with Gasteiger partial charge in [0.25, 0.3) is 0 Å². The van der Waals surface area contributed by atoms with Gasteiger partial charge in [-0.2, -0.15) is 5.10 Å². The Hall–Kier alpha value is -1.97. The molecule has 0 radical (unpaired) electrons. The smallest absolute Gasteiger partial charge is 0.162 e. The Bertz CT molecular complexity index is 674. The molecule has 2 unspecified atom stereocenters. The van der Waals surface area contributed by atoms with E-state index in [1.165, 1.54) is 0 Å². The second-order valence-corrected chi connectivity index (χ2v) is 6.56. The fraction of sp³-hybridized carbons (Fsp3) is 0.474. The summed E-state index contributed by atoms with van der Waals surface area (Å²) in [7, 11) is 0. The largest absolute Gasteiger partial charge is 0.491 e. The third kappa shape index (κ3) is 8.81. The molecule has 2 aromatic rings. The van der Waals surface area contributed by atoms with E-state index >= 15 is 0 Å². The monoisotopic (exact) mass is 410 g/mol. The third-order valence-electron chi connectivity index (χ3n) is 4.15. The number of nitrogens with zero attached hydrogens (tertiary/aromatic N) is 2. The van der Waals surface area contributed by atoms with Gasteiger partial charge in [-0.05, 0) is 50.6 Å². The van der Waals surface area contributed by atoms with Crippen LogP contribution in [0.2, 0.25) is 0 Å². The molecule has 0 bridgehead atoms. The Morgan fingerprint density at radius 1 is 1.18 bits per heavy atom. The van der Waals surface area contributed by atoms with Crippen LogP contribution in [0.25, 0.3) is 0 Å². The lowest BCUT2D eigenvalue weighted by Gasteiger charge is -2.18. The van der Waals surface area contributed by atoms with Crippen LogP contribution in [-0.4, -0.2) is 47.1 Å². The molecule has 9 heteroatoms. The van der Waals surface area contributed by atoms with E-state index in [4.69, 9.17) is 10.6 Å². The lowest BCUT2D eigenvalue weighted by atomic mass is 10.2. The number of aryl methyl sites for hydroxylation is 1. The first-order valence-electron chi connectivity index (χ1n) is 9.18. The zero-order chi connectivity index (χ0) is 19.5. The fourth-order valence-electron chi connectivity index (χ4n) is 2.47. The maximum Gasteiger partial charge on any atom is 0.162 e. The number of halogens is 1. The van der Waals surface area contributed by atoms with E-state index in [9.17, 15) is 5.11 Å². The molecule has 0 fully saturated rings. The highest BCUT2D eigenvalue weighted by molar-refractivity contribution is 5.85. The van der Waals surface area contributed by atoms with Crippen LogP contribution in [-0.2, 0) is 6.54 Å². The van der Waals surface area contributed by atoms with E-state index < -0.39 is 6.10 Å². The van der Waals surface area contributed by atoms with Crippen molar-refractivity contribution in [3.05, 3.63) is 47.7 Å². The summed E-state index contributed by atoms with van der Waals surface area (Å²) in [5.41, 5.74) is 4.37. The van der Waals surface area contributed by atoms with E-state index in [2.05, 4.69) is 33.2 Å². The number of anilines is 1. The number of hydrazine groups is 1. The van der Waals surface area contributed by atoms with Gasteiger partial charge in [-0.25, -0.2) is 5.84 Å². The predicted molar refractivity (Wildman–Crippen MR) is 114 cm³/mol. The van der Waals surface area contributed by atoms with Crippen molar-refractivity contribution in [2.45, 2.75) is 39.0 Å². The number of aliphatic hydroxyl groups is 1. The topological polar surface area (TPSA) is 117 Å². The van der Waals surface area contributed by atoms with Crippen LogP contribution in [0.1, 0.15) is 24.6 Å². The van der Waals surface area contributed by atoms with E-state index in [-0.39, 0.29) is 25.1 Å². The van der Waals surface area contributed by atoms with E-state index in [0.717, 1.165) is 30.0 Å². The third-order valence-corrected chi connectivity index (χ3v) is 4.15. The molecule has 0 aliphatic rings. The number of hydrogen-bond acceptors (Lipinski definition) is 8. The molecule has 156 valence electrons. The van der Waals surface area contributed by atoms with Gasteiger partial charge in [-0.1, -0.05) is 18.2 Å². The molecule has 2 rings (SSSR count). The molecule has 1 aromatic carbocycles. The van der Waals surface area contributed by atoms with Gasteiger partial charge in [-0.15, -0.1) is 17.5 Å². The van der Waals surface area contributed by atoms with Crippen molar-refractivity contribution in [3.8, 4) is 5.75 Å². The number of aromatic nitrogens is 2. The molecular weight excluding hydrogens is 380 g/mol. The second-order valence-electron chi connectivity index (χ2n) is 6.56. The number of nitrogens with one attached hydrogen (secondary N) is 3. The number of nitrogens with two attached hydrogens (primary N) is 1. The van der Waals surface area contributed by atoms with Crippen molar-refractivity contribution >= 4 is 18.2 Å². The maximum atomic E-state index is 10.1. The SMILES string of the molecule is Cc1ccccc1OCC(O)CNC(C)CCNCc1ccc(NN)nn1.Cl. The summed E-state index contributed by atoms with van der Waals surface area (Å²) in [5.74, 6) is 6.61. The molecule has 0 spiro atoms. The van der Waals surface area contributed by atoms with E-state index in [1.54, 1.807) is 6.07 Å². The Balaban J connectivity index is 0.00000392. The number of hydrogen-bond donors (Lipinski definition) is 5. The van der Waals surface area contributed by atoms with E-state index in [1.807, 2.05) is 37.3 Å². The zero-order valence-corrected chi connectivity index (χ0v) is 17.2. The van der Waals surface area contributed by atoms with Crippen LogP contribution in [0.4, 0.5) is 5.82 Å². The van der Waals surface area contributed by atoms with Crippen molar-refractivity contribution in [2.24, 2.45) is 5.84 Å². The Morgan fingerprint density at radius 3 is 2.64 bits per heavy atom. The summed E-state index contributed by atoms with van der Waals surface area (Å²) >= 11 is 0. The highest BCUT2D eigenvalue weighted by atomic mass is 35.5. The molecule has 0 aliphatic carbocycles. The summed E-state index contributed by atoms with van der Waals surface area (Å²) in [6.45, 7) is 6.34. The first kappa shape index (κ1) is 24.1. The lowest BCUT2D eigenvalue weighted by Crippen LogP contribution is -2.38. The minimum absolute atomic E-state index is 0. The van der Waals surface area contributed by atoms with Crippen molar-refractivity contribution in [1.82, 2.24) is 20.8 Å². The van der Waals surface area contributed by atoms with Gasteiger partial charge in [0.1, 0.15) is 18.5 Å². The van der Waals surface area contributed by atoms with Gasteiger partial charge in [0.2, 0.25) is 0 Å². The normalized spacial score (nSPS) is 12.7. The van der Waals surface area contributed by atoms with Crippen LogP contribution >= 0.6 is 12.4 Å². The average molecular weight is 411 g/mol. The summed E-state index contributed by atoms with van der Waals surface area (Å²) in [6.07, 6.45) is 0.381. The average Bonchev–Trinajstić information content (AvgIpc) is 2.69. The van der Waals surface area contributed by atoms with Crippen LogP contribution in [0, 0.1) is 6.92 Å². The van der Waals surface area contributed by atoms with Crippen molar-refractivity contribution < 1.29 is 9.84 Å². The van der Waals surface area contributed by atoms with Crippen molar-refractivity contribution in [3.63, 3.8) is 0 Å². The van der Waals surface area contributed by atoms with Gasteiger partial charge in [0.05, 0.1) is 5.69 Å². The minimum atomic E-state index is -0.551. The molecule has 28 heavy (non-hydrogen) atoms. The highest BCUT2D eigenvalue weighted by Gasteiger charge is 2.09. The number of rotatable bonds is 12.